The van der Waals surface area contributed by atoms with E-state index in [4.69, 9.17) is 16.9 Å². The molecule has 0 saturated heterocycles. The third-order valence-electron chi connectivity index (χ3n) is 2.01. The summed E-state index contributed by atoms with van der Waals surface area (Å²) in [4.78, 5) is 0. The van der Waals surface area contributed by atoms with Crippen LogP contribution in [0.4, 0.5) is 0 Å². The molecule has 0 aromatic carbocycles. The van der Waals surface area contributed by atoms with E-state index in [1.807, 2.05) is 13.8 Å². The minimum Gasteiger partial charge on any atom is -0.252 e. The van der Waals surface area contributed by atoms with Crippen molar-refractivity contribution in [1.82, 2.24) is 9.78 Å². The fraction of sp³-hybridized carbons (Fsp3) is 0.600. The van der Waals surface area contributed by atoms with Gasteiger partial charge in [-0.15, -0.1) is 0 Å². The first-order valence-electron chi connectivity index (χ1n) is 4.78. The van der Waals surface area contributed by atoms with Gasteiger partial charge in [-0.05, 0) is 12.3 Å². The molecule has 0 aliphatic carbocycles. The quantitative estimate of drug-likeness (QED) is 0.772. The molecule has 0 fully saturated rings. The number of nitrogens with zero attached hydrogens (tertiary/aromatic N) is 3. The van der Waals surface area contributed by atoms with Crippen molar-refractivity contribution < 1.29 is 0 Å². The Labute approximate surface area is 89.3 Å². The van der Waals surface area contributed by atoms with Crippen LogP contribution in [0.15, 0.2) is 0 Å². The molecule has 0 bridgehead atoms. The van der Waals surface area contributed by atoms with E-state index >= 15 is 0 Å². The SMILES string of the molecule is CCCn1nc(C(C)C)c(C#N)c1Cl. The summed E-state index contributed by atoms with van der Waals surface area (Å²) in [6.45, 7) is 6.84. The molecule has 0 aliphatic rings. The van der Waals surface area contributed by atoms with Gasteiger partial charge in [-0.1, -0.05) is 32.4 Å². The third-order valence-corrected chi connectivity index (χ3v) is 2.40. The number of hydrogen-bond donors (Lipinski definition) is 0. The van der Waals surface area contributed by atoms with Crippen molar-refractivity contribution in [2.24, 2.45) is 0 Å². The summed E-state index contributed by atoms with van der Waals surface area (Å²) in [5.74, 6) is 0.236. The number of aromatic nitrogens is 2. The van der Waals surface area contributed by atoms with Gasteiger partial charge in [-0.2, -0.15) is 10.4 Å². The smallest absolute Gasteiger partial charge is 0.145 e. The summed E-state index contributed by atoms with van der Waals surface area (Å²) < 4.78 is 1.70. The van der Waals surface area contributed by atoms with E-state index < -0.39 is 0 Å². The molecule has 0 N–H and O–H groups in total. The van der Waals surface area contributed by atoms with Gasteiger partial charge in [-0.25, -0.2) is 0 Å². The molecule has 0 atom stereocenters. The minimum absolute atomic E-state index is 0.236. The Kier molecular flexibility index (Phi) is 3.54. The van der Waals surface area contributed by atoms with Gasteiger partial charge in [0.1, 0.15) is 16.8 Å². The topological polar surface area (TPSA) is 41.6 Å². The Morgan fingerprint density at radius 3 is 2.57 bits per heavy atom. The van der Waals surface area contributed by atoms with E-state index in [1.54, 1.807) is 4.68 Å². The van der Waals surface area contributed by atoms with E-state index in [1.165, 1.54) is 0 Å². The first kappa shape index (κ1) is 11.1. The van der Waals surface area contributed by atoms with E-state index in [0.717, 1.165) is 18.7 Å². The second-order valence-corrected chi connectivity index (χ2v) is 3.90. The summed E-state index contributed by atoms with van der Waals surface area (Å²) in [7, 11) is 0. The lowest BCUT2D eigenvalue weighted by atomic mass is 10.1. The van der Waals surface area contributed by atoms with Crippen molar-refractivity contribution in [3.05, 3.63) is 16.4 Å². The van der Waals surface area contributed by atoms with Gasteiger partial charge < -0.3 is 0 Å². The zero-order chi connectivity index (χ0) is 10.7. The normalized spacial score (nSPS) is 10.6. The number of nitriles is 1. The van der Waals surface area contributed by atoms with Crippen LogP contribution in [0, 0.1) is 11.3 Å². The molecule has 0 spiro atoms. The summed E-state index contributed by atoms with van der Waals surface area (Å²) in [6.07, 6.45) is 0.962. The lowest BCUT2D eigenvalue weighted by Crippen LogP contribution is -2.00. The van der Waals surface area contributed by atoms with Crippen molar-refractivity contribution in [3.63, 3.8) is 0 Å². The number of hydrogen-bond acceptors (Lipinski definition) is 2. The maximum Gasteiger partial charge on any atom is 0.145 e. The van der Waals surface area contributed by atoms with Crippen molar-refractivity contribution in [3.8, 4) is 6.07 Å². The average molecular weight is 212 g/mol. The van der Waals surface area contributed by atoms with Crippen LogP contribution in [-0.2, 0) is 6.54 Å². The van der Waals surface area contributed by atoms with Crippen molar-refractivity contribution in [2.75, 3.05) is 0 Å². The number of halogens is 1. The fourth-order valence-corrected chi connectivity index (χ4v) is 1.59. The zero-order valence-corrected chi connectivity index (χ0v) is 9.47. The van der Waals surface area contributed by atoms with Gasteiger partial charge in [0.05, 0.1) is 5.69 Å². The lowest BCUT2D eigenvalue weighted by molar-refractivity contribution is 0.588. The monoisotopic (exact) mass is 211 g/mol. The highest BCUT2D eigenvalue weighted by Gasteiger charge is 2.17. The molecule has 3 nitrogen and oxygen atoms in total. The van der Waals surface area contributed by atoms with Crippen molar-refractivity contribution in [1.29, 1.82) is 5.26 Å². The molecule has 0 radical (unpaired) electrons. The molecular formula is C10H14ClN3. The maximum atomic E-state index is 8.94. The Morgan fingerprint density at radius 2 is 2.21 bits per heavy atom. The van der Waals surface area contributed by atoms with Gasteiger partial charge in [-0.3, -0.25) is 4.68 Å². The van der Waals surface area contributed by atoms with E-state index in [9.17, 15) is 0 Å². The van der Waals surface area contributed by atoms with Crippen LogP contribution < -0.4 is 0 Å². The molecule has 0 saturated carbocycles. The molecule has 0 amide bonds. The Balaban J connectivity index is 3.19. The largest absolute Gasteiger partial charge is 0.252 e. The van der Waals surface area contributed by atoms with Crippen LogP contribution >= 0.6 is 11.6 Å². The summed E-state index contributed by atoms with van der Waals surface area (Å²) in [5.41, 5.74) is 1.32. The van der Waals surface area contributed by atoms with Crippen LogP contribution in [0.5, 0.6) is 0 Å². The highest BCUT2D eigenvalue weighted by molar-refractivity contribution is 6.30. The van der Waals surface area contributed by atoms with Crippen LogP contribution in [0.3, 0.4) is 0 Å². The molecule has 0 aliphatic heterocycles. The predicted molar refractivity (Wildman–Crippen MR) is 56.3 cm³/mol. The standard InChI is InChI=1S/C10H14ClN3/c1-4-5-14-10(11)8(6-12)9(13-14)7(2)3/h7H,4-5H2,1-3H3. The summed E-state index contributed by atoms with van der Waals surface area (Å²) >= 11 is 6.03. The first-order valence-corrected chi connectivity index (χ1v) is 5.15. The first-order chi connectivity index (χ1) is 6.61. The molecule has 0 unspecified atom stereocenters. The molecule has 1 rings (SSSR count). The molecule has 1 aromatic rings. The maximum absolute atomic E-state index is 8.94. The minimum atomic E-state index is 0.236. The van der Waals surface area contributed by atoms with E-state index in [-0.39, 0.29) is 5.92 Å². The second kappa shape index (κ2) is 4.47. The molecular weight excluding hydrogens is 198 g/mol. The van der Waals surface area contributed by atoms with Gasteiger partial charge in [0.2, 0.25) is 0 Å². The van der Waals surface area contributed by atoms with Crippen LogP contribution in [0.25, 0.3) is 0 Å². The highest BCUT2D eigenvalue weighted by atomic mass is 35.5. The van der Waals surface area contributed by atoms with Gasteiger partial charge >= 0.3 is 0 Å². The Morgan fingerprint density at radius 1 is 1.57 bits per heavy atom. The van der Waals surface area contributed by atoms with Gasteiger partial charge in [0, 0.05) is 6.54 Å². The molecule has 14 heavy (non-hydrogen) atoms. The Bertz CT molecular complexity index is 360. The summed E-state index contributed by atoms with van der Waals surface area (Å²) in [6, 6.07) is 2.11. The highest BCUT2D eigenvalue weighted by Crippen LogP contribution is 2.24. The zero-order valence-electron chi connectivity index (χ0n) is 8.71. The van der Waals surface area contributed by atoms with E-state index in [0.29, 0.717) is 10.7 Å². The Hall–Kier alpha value is -1.01. The fourth-order valence-electron chi connectivity index (χ4n) is 1.33. The lowest BCUT2D eigenvalue weighted by Gasteiger charge is -1.99. The van der Waals surface area contributed by atoms with Crippen LogP contribution in [0.1, 0.15) is 44.4 Å². The predicted octanol–water partition coefficient (Wildman–Crippen LogP) is 2.94. The van der Waals surface area contributed by atoms with E-state index in [2.05, 4.69) is 18.1 Å². The second-order valence-electron chi connectivity index (χ2n) is 3.54. The number of aryl methyl sites for hydroxylation is 1. The average Bonchev–Trinajstić information content (AvgIpc) is 2.44. The summed E-state index contributed by atoms with van der Waals surface area (Å²) in [5, 5.41) is 13.7. The molecule has 1 heterocycles. The molecule has 4 heteroatoms. The number of rotatable bonds is 3. The molecule has 1 aromatic heterocycles. The third kappa shape index (κ3) is 1.91. The van der Waals surface area contributed by atoms with Gasteiger partial charge in [0.15, 0.2) is 0 Å². The van der Waals surface area contributed by atoms with Crippen molar-refractivity contribution in [2.45, 2.75) is 39.7 Å². The van der Waals surface area contributed by atoms with Crippen molar-refractivity contribution >= 4 is 11.6 Å². The molecule has 76 valence electrons. The van der Waals surface area contributed by atoms with Crippen LogP contribution in [-0.4, -0.2) is 9.78 Å². The van der Waals surface area contributed by atoms with Crippen LogP contribution in [0.2, 0.25) is 5.15 Å². The van der Waals surface area contributed by atoms with Gasteiger partial charge in [0.25, 0.3) is 0 Å².